The number of carbonyl (C=O) groups is 2. The minimum Gasteiger partial charge on any atom is -0.348 e. The maximum absolute atomic E-state index is 13.8. The Hall–Kier alpha value is -4.50. The first kappa shape index (κ1) is 27.5. The minimum absolute atomic E-state index is 0.0805. The Balaban J connectivity index is 1.60. The van der Waals surface area contributed by atoms with Gasteiger partial charge in [0.2, 0.25) is 5.91 Å². The summed E-state index contributed by atoms with van der Waals surface area (Å²) in [5.74, 6) is -0.965. The van der Waals surface area contributed by atoms with Gasteiger partial charge in [-0.2, -0.15) is 0 Å². The third-order valence-electron chi connectivity index (χ3n) is 6.15. The largest absolute Gasteiger partial charge is 0.348 e. The number of amides is 2. The molecule has 9 heteroatoms. The number of nitrogens with zero attached hydrogens (tertiary/aromatic N) is 2. The fourth-order valence-corrected chi connectivity index (χ4v) is 5.49. The summed E-state index contributed by atoms with van der Waals surface area (Å²) in [6.07, 6.45) is 3.31. The van der Waals surface area contributed by atoms with Crippen molar-refractivity contribution in [1.82, 2.24) is 10.3 Å². The zero-order valence-electron chi connectivity index (χ0n) is 22.0. The summed E-state index contributed by atoms with van der Waals surface area (Å²) in [6.45, 7) is 5.32. The normalized spacial score (nSPS) is 11.1. The van der Waals surface area contributed by atoms with Crippen LogP contribution in [0.3, 0.4) is 0 Å². The van der Waals surface area contributed by atoms with Gasteiger partial charge in [-0.25, -0.2) is 8.42 Å². The summed E-state index contributed by atoms with van der Waals surface area (Å²) in [5.41, 5.74) is 4.26. The fourth-order valence-electron chi connectivity index (χ4n) is 4.02. The third-order valence-corrected chi connectivity index (χ3v) is 7.93. The van der Waals surface area contributed by atoms with E-state index in [1.165, 1.54) is 12.1 Å². The van der Waals surface area contributed by atoms with E-state index in [1.54, 1.807) is 67.8 Å². The number of rotatable bonds is 9. The van der Waals surface area contributed by atoms with Crippen molar-refractivity contribution in [1.29, 1.82) is 0 Å². The van der Waals surface area contributed by atoms with Crippen molar-refractivity contribution in [2.45, 2.75) is 32.2 Å². The molecule has 0 atom stereocenters. The lowest BCUT2D eigenvalue weighted by molar-refractivity contribution is -0.114. The molecule has 0 spiro atoms. The van der Waals surface area contributed by atoms with Crippen molar-refractivity contribution in [2.24, 2.45) is 0 Å². The SMILES string of the molecule is Cc1ccc(S(=O)(=O)N(CC(=O)Nc2ccccc2C(=O)NCc2cccnc2)c2cc(C)ccc2C)cc1. The van der Waals surface area contributed by atoms with Gasteiger partial charge in [0.1, 0.15) is 6.54 Å². The number of pyridine rings is 1. The van der Waals surface area contributed by atoms with Gasteiger partial charge < -0.3 is 10.6 Å². The van der Waals surface area contributed by atoms with E-state index in [4.69, 9.17) is 0 Å². The van der Waals surface area contributed by atoms with Gasteiger partial charge >= 0.3 is 0 Å². The molecular weight excluding hydrogens is 512 g/mol. The first-order chi connectivity index (χ1) is 18.6. The summed E-state index contributed by atoms with van der Waals surface area (Å²) in [4.78, 5) is 30.4. The highest BCUT2D eigenvalue weighted by molar-refractivity contribution is 7.92. The van der Waals surface area contributed by atoms with E-state index in [-0.39, 0.29) is 28.6 Å². The zero-order chi connectivity index (χ0) is 28.0. The predicted octanol–water partition coefficient (Wildman–Crippen LogP) is 4.77. The Morgan fingerprint density at radius 2 is 1.59 bits per heavy atom. The second kappa shape index (κ2) is 11.9. The molecule has 0 radical (unpaired) electrons. The van der Waals surface area contributed by atoms with Gasteiger partial charge in [-0.1, -0.05) is 48.0 Å². The Kier molecular flexibility index (Phi) is 8.41. The number of aryl methyl sites for hydroxylation is 3. The number of anilines is 2. The van der Waals surface area contributed by atoms with Gasteiger partial charge in [0.05, 0.1) is 21.8 Å². The van der Waals surface area contributed by atoms with Crippen LogP contribution >= 0.6 is 0 Å². The van der Waals surface area contributed by atoms with Crippen LogP contribution in [0.1, 0.15) is 32.6 Å². The third kappa shape index (κ3) is 6.69. The summed E-state index contributed by atoms with van der Waals surface area (Å²) in [7, 11) is -4.08. The van der Waals surface area contributed by atoms with Gasteiger partial charge in [0.25, 0.3) is 15.9 Å². The molecule has 0 aliphatic carbocycles. The van der Waals surface area contributed by atoms with E-state index in [2.05, 4.69) is 15.6 Å². The van der Waals surface area contributed by atoms with Crippen LogP contribution < -0.4 is 14.9 Å². The Morgan fingerprint density at radius 1 is 0.872 bits per heavy atom. The lowest BCUT2D eigenvalue weighted by atomic mass is 10.1. The van der Waals surface area contributed by atoms with Crippen molar-refractivity contribution in [3.05, 3.63) is 119 Å². The average molecular weight is 543 g/mol. The van der Waals surface area contributed by atoms with Crippen molar-refractivity contribution in [2.75, 3.05) is 16.2 Å². The molecule has 200 valence electrons. The number of hydrogen-bond donors (Lipinski definition) is 2. The Morgan fingerprint density at radius 3 is 2.31 bits per heavy atom. The van der Waals surface area contributed by atoms with Gasteiger partial charge in [-0.3, -0.25) is 18.9 Å². The van der Waals surface area contributed by atoms with E-state index in [0.29, 0.717) is 11.3 Å². The quantitative estimate of drug-likeness (QED) is 0.317. The average Bonchev–Trinajstić information content (AvgIpc) is 2.93. The molecule has 0 aliphatic heterocycles. The van der Waals surface area contributed by atoms with E-state index >= 15 is 0 Å². The standard InChI is InChI=1S/C30H30N4O4S/c1-21-11-14-25(15-12-21)39(37,38)34(28-17-22(2)10-13-23(28)3)20-29(35)33-27-9-5-4-8-26(27)30(36)32-19-24-7-6-16-31-18-24/h4-18H,19-20H2,1-3H3,(H,32,36)(H,33,35). The molecule has 0 saturated heterocycles. The molecule has 1 heterocycles. The number of aromatic nitrogens is 1. The van der Waals surface area contributed by atoms with Crippen molar-refractivity contribution in [3.63, 3.8) is 0 Å². The summed E-state index contributed by atoms with van der Waals surface area (Å²) < 4.78 is 28.6. The molecule has 0 unspecified atom stereocenters. The number of carbonyl (C=O) groups excluding carboxylic acids is 2. The van der Waals surface area contributed by atoms with Crippen LogP contribution in [0.25, 0.3) is 0 Å². The predicted molar refractivity (Wildman–Crippen MR) is 152 cm³/mol. The fraction of sp³-hybridized carbons (Fsp3) is 0.167. The lowest BCUT2D eigenvalue weighted by Gasteiger charge is -2.26. The molecular formula is C30H30N4O4S. The first-order valence-electron chi connectivity index (χ1n) is 12.4. The topological polar surface area (TPSA) is 108 Å². The van der Waals surface area contributed by atoms with Gasteiger partial charge in [-0.15, -0.1) is 0 Å². The highest BCUT2D eigenvalue weighted by atomic mass is 32.2. The van der Waals surface area contributed by atoms with Gasteiger partial charge in [0, 0.05) is 18.9 Å². The summed E-state index contributed by atoms with van der Waals surface area (Å²) >= 11 is 0. The first-order valence-corrected chi connectivity index (χ1v) is 13.8. The molecule has 2 amide bonds. The number of benzene rings is 3. The zero-order valence-corrected chi connectivity index (χ0v) is 22.8. The van der Waals surface area contributed by atoms with Crippen LogP contribution in [0.4, 0.5) is 11.4 Å². The van der Waals surface area contributed by atoms with E-state index in [9.17, 15) is 18.0 Å². The molecule has 0 saturated carbocycles. The van der Waals surface area contributed by atoms with E-state index < -0.39 is 22.5 Å². The molecule has 3 aromatic carbocycles. The molecule has 0 fully saturated rings. The highest BCUT2D eigenvalue weighted by Crippen LogP contribution is 2.28. The molecule has 39 heavy (non-hydrogen) atoms. The van der Waals surface area contributed by atoms with E-state index in [0.717, 1.165) is 21.0 Å². The number of para-hydroxylation sites is 1. The molecule has 2 N–H and O–H groups in total. The Bertz CT molecular complexity index is 1590. The monoisotopic (exact) mass is 542 g/mol. The molecule has 0 bridgehead atoms. The number of sulfonamides is 1. The molecule has 8 nitrogen and oxygen atoms in total. The smallest absolute Gasteiger partial charge is 0.264 e. The molecule has 4 rings (SSSR count). The minimum atomic E-state index is -4.08. The molecule has 0 aliphatic rings. The van der Waals surface area contributed by atoms with Crippen LogP contribution in [0.5, 0.6) is 0 Å². The highest BCUT2D eigenvalue weighted by Gasteiger charge is 2.29. The lowest BCUT2D eigenvalue weighted by Crippen LogP contribution is -2.39. The van der Waals surface area contributed by atoms with Crippen molar-refractivity contribution in [3.8, 4) is 0 Å². The van der Waals surface area contributed by atoms with Crippen molar-refractivity contribution < 1.29 is 18.0 Å². The van der Waals surface area contributed by atoms with Crippen LogP contribution in [0, 0.1) is 20.8 Å². The van der Waals surface area contributed by atoms with Crippen LogP contribution in [-0.2, 0) is 21.4 Å². The van der Waals surface area contributed by atoms with Crippen LogP contribution in [-0.4, -0.2) is 31.8 Å². The maximum atomic E-state index is 13.8. The van der Waals surface area contributed by atoms with Crippen LogP contribution in [0.15, 0.2) is 96.2 Å². The number of nitrogens with one attached hydrogen (secondary N) is 2. The van der Waals surface area contributed by atoms with Crippen LogP contribution in [0.2, 0.25) is 0 Å². The van der Waals surface area contributed by atoms with Crippen molar-refractivity contribution >= 4 is 33.2 Å². The van der Waals surface area contributed by atoms with Gasteiger partial charge in [-0.05, 0) is 73.9 Å². The number of hydrogen-bond acceptors (Lipinski definition) is 5. The maximum Gasteiger partial charge on any atom is 0.264 e. The van der Waals surface area contributed by atoms with Gasteiger partial charge in [0.15, 0.2) is 0 Å². The molecule has 1 aromatic heterocycles. The summed E-state index contributed by atoms with van der Waals surface area (Å²) in [6, 6.07) is 22.2. The second-order valence-corrected chi connectivity index (χ2v) is 11.1. The van der Waals surface area contributed by atoms with E-state index in [1.807, 2.05) is 32.0 Å². The Labute approximate surface area is 228 Å². The second-order valence-electron chi connectivity index (χ2n) is 9.25. The summed E-state index contributed by atoms with van der Waals surface area (Å²) in [5, 5.41) is 5.56. The molecule has 4 aromatic rings.